The van der Waals surface area contributed by atoms with Gasteiger partial charge >= 0.3 is 0 Å². The molecule has 1 aliphatic heterocycles. The molecular formula is C17H16N4O2. The maximum absolute atomic E-state index is 5.36. The van der Waals surface area contributed by atoms with Gasteiger partial charge in [0.15, 0.2) is 11.5 Å². The summed E-state index contributed by atoms with van der Waals surface area (Å²) in [7, 11) is 0. The van der Waals surface area contributed by atoms with E-state index in [9.17, 15) is 0 Å². The predicted molar refractivity (Wildman–Crippen MR) is 89.2 cm³/mol. The number of hydrogen-bond acceptors (Lipinski definition) is 5. The van der Waals surface area contributed by atoms with Crippen molar-refractivity contribution in [2.45, 2.75) is 13.5 Å². The summed E-state index contributed by atoms with van der Waals surface area (Å²) in [6.07, 6.45) is 1.74. The first-order valence-electron chi connectivity index (χ1n) is 7.49. The minimum atomic E-state index is 0.273. The number of ether oxygens (including phenoxy) is 2. The molecule has 2 heterocycles. The van der Waals surface area contributed by atoms with Crippen molar-refractivity contribution in [2.24, 2.45) is 5.10 Å². The standard InChI is InChI=1S/C17H16N4O2/c1-2-21-14-6-4-3-5-13(14)19-17(21)20-18-10-12-7-8-15-16(9-12)23-11-22-15/h3-10H,2,11H2,1H3,(H,19,20)/b18-10-. The normalized spacial score (nSPS) is 13.1. The fourth-order valence-corrected chi connectivity index (χ4v) is 2.64. The van der Waals surface area contributed by atoms with Crippen LogP contribution in [0.1, 0.15) is 12.5 Å². The van der Waals surface area contributed by atoms with Gasteiger partial charge in [0.05, 0.1) is 17.2 Å². The Hall–Kier alpha value is -3.02. The zero-order valence-electron chi connectivity index (χ0n) is 12.7. The second kappa shape index (κ2) is 5.64. The number of benzene rings is 2. The van der Waals surface area contributed by atoms with E-state index in [0.29, 0.717) is 0 Å². The second-order valence-electron chi connectivity index (χ2n) is 5.15. The highest BCUT2D eigenvalue weighted by atomic mass is 16.7. The Morgan fingerprint density at radius 2 is 2.09 bits per heavy atom. The maximum atomic E-state index is 5.36. The summed E-state index contributed by atoms with van der Waals surface area (Å²) in [6, 6.07) is 13.8. The van der Waals surface area contributed by atoms with Crippen LogP contribution in [0.3, 0.4) is 0 Å². The fraction of sp³-hybridized carbons (Fsp3) is 0.176. The molecule has 0 aliphatic carbocycles. The van der Waals surface area contributed by atoms with Crippen molar-refractivity contribution < 1.29 is 9.47 Å². The van der Waals surface area contributed by atoms with E-state index in [2.05, 4.69) is 33.1 Å². The largest absolute Gasteiger partial charge is 0.454 e. The number of anilines is 1. The Morgan fingerprint density at radius 3 is 3.00 bits per heavy atom. The van der Waals surface area contributed by atoms with Crippen molar-refractivity contribution in [3.05, 3.63) is 48.0 Å². The first-order valence-corrected chi connectivity index (χ1v) is 7.49. The van der Waals surface area contributed by atoms with Crippen LogP contribution >= 0.6 is 0 Å². The summed E-state index contributed by atoms with van der Waals surface area (Å²) in [5.41, 5.74) is 6.00. The molecule has 0 saturated heterocycles. The number of rotatable bonds is 4. The molecule has 6 nitrogen and oxygen atoms in total. The maximum Gasteiger partial charge on any atom is 0.231 e. The first kappa shape index (κ1) is 13.6. The molecule has 0 amide bonds. The van der Waals surface area contributed by atoms with Gasteiger partial charge in [-0.3, -0.25) is 0 Å². The monoisotopic (exact) mass is 308 g/mol. The van der Waals surface area contributed by atoms with Crippen LogP contribution in [-0.2, 0) is 6.54 Å². The van der Waals surface area contributed by atoms with E-state index in [0.717, 1.165) is 40.6 Å². The zero-order chi connectivity index (χ0) is 15.6. The smallest absolute Gasteiger partial charge is 0.231 e. The molecule has 0 spiro atoms. The van der Waals surface area contributed by atoms with Crippen molar-refractivity contribution in [3.63, 3.8) is 0 Å². The van der Waals surface area contributed by atoms with E-state index in [4.69, 9.17) is 9.47 Å². The summed E-state index contributed by atoms with van der Waals surface area (Å²) in [6.45, 7) is 3.18. The first-order chi connectivity index (χ1) is 11.3. The number of nitrogens with one attached hydrogen (secondary N) is 1. The molecule has 1 aromatic heterocycles. The molecule has 2 aromatic carbocycles. The molecule has 0 radical (unpaired) electrons. The Balaban J connectivity index is 1.57. The van der Waals surface area contributed by atoms with E-state index >= 15 is 0 Å². The summed E-state index contributed by atoms with van der Waals surface area (Å²) < 4.78 is 12.7. The summed E-state index contributed by atoms with van der Waals surface area (Å²) in [5, 5.41) is 4.29. The van der Waals surface area contributed by atoms with Gasteiger partial charge in [0, 0.05) is 6.54 Å². The van der Waals surface area contributed by atoms with Gasteiger partial charge in [-0.1, -0.05) is 12.1 Å². The van der Waals surface area contributed by atoms with E-state index in [1.165, 1.54) is 0 Å². The number of hydrogen-bond donors (Lipinski definition) is 1. The fourth-order valence-electron chi connectivity index (χ4n) is 2.64. The van der Waals surface area contributed by atoms with Crippen molar-refractivity contribution in [1.82, 2.24) is 9.55 Å². The van der Waals surface area contributed by atoms with Crippen LogP contribution in [0.5, 0.6) is 11.5 Å². The highest BCUT2D eigenvalue weighted by Crippen LogP contribution is 2.32. The molecule has 116 valence electrons. The third kappa shape index (κ3) is 2.48. The number of nitrogens with zero attached hydrogens (tertiary/aromatic N) is 3. The van der Waals surface area contributed by atoms with Crippen molar-refractivity contribution in [1.29, 1.82) is 0 Å². The van der Waals surface area contributed by atoms with Gasteiger partial charge in [0.25, 0.3) is 0 Å². The van der Waals surface area contributed by atoms with Gasteiger partial charge in [-0.2, -0.15) is 5.10 Å². The van der Waals surface area contributed by atoms with E-state index in [1.807, 2.05) is 36.4 Å². The van der Waals surface area contributed by atoms with E-state index in [-0.39, 0.29) is 6.79 Å². The van der Waals surface area contributed by atoms with E-state index in [1.54, 1.807) is 6.21 Å². The minimum Gasteiger partial charge on any atom is -0.454 e. The second-order valence-corrected chi connectivity index (χ2v) is 5.15. The number of imidazole rings is 1. The van der Waals surface area contributed by atoms with Gasteiger partial charge in [-0.25, -0.2) is 10.4 Å². The summed E-state index contributed by atoms with van der Waals surface area (Å²) >= 11 is 0. The Morgan fingerprint density at radius 1 is 1.22 bits per heavy atom. The number of aryl methyl sites for hydroxylation is 1. The molecule has 0 atom stereocenters. The van der Waals surface area contributed by atoms with Crippen LogP contribution in [0, 0.1) is 0 Å². The molecule has 3 aromatic rings. The molecule has 1 aliphatic rings. The molecule has 23 heavy (non-hydrogen) atoms. The summed E-state index contributed by atoms with van der Waals surface area (Å²) in [4.78, 5) is 4.57. The van der Waals surface area contributed by atoms with Gasteiger partial charge in [-0.05, 0) is 42.8 Å². The number of aromatic nitrogens is 2. The Bertz CT molecular complexity index is 885. The third-order valence-electron chi connectivity index (χ3n) is 3.75. The number of para-hydroxylation sites is 2. The average molecular weight is 308 g/mol. The lowest BCUT2D eigenvalue weighted by molar-refractivity contribution is 0.174. The quantitative estimate of drug-likeness (QED) is 0.594. The summed E-state index contributed by atoms with van der Waals surface area (Å²) in [5.74, 6) is 2.24. The molecule has 1 N–H and O–H groups in total. The minimum absolute atomic E-state index is 0.273. The topological polar surface area (TPSA) is 60.7 Å². The molecule has 6 heteroatoms. The lowest BCUT2D eigenvalue weighted by Gasteiger charge is -2.04. The highest BCUT2D eigenvalue weighted by Gasteiger charge is 2.12. The van der Waals surface area contributed by atoms with Crippen LogP contribution in [-0.4, -0.2) is 22.6 Å². The van der Waals surface area contributed by atoms with Gasteiger partial charge in [0.2, 0.25) is 12.7 Å². The van der Waals surface area contributed by atoms with Crippen LogP contribution in [0.25, 0.3) is 11.0 Å². The van der Waals surface area contributed by atoms with Crippen LogP contribution in [0.15, 0.2) is 47.6 Å². The van der Waals surface area contributed by atoms with Crippen LogP contribution < -0.4 is 14.9 Å². The molecule has 4 rings (SSSR count). The highest BCUT2D eigenvalue weighted by molar-refractivity contribution is 5.82. The number of hydrazone groups is 1. The van der Waals surface area contributed by atoms with Crippen LogP contribution in [0.2, 0.25) is 0 Å². The SMILES string of the molecule is CCn1c(N/N=C\c2ccc3c(c2)OCO3)nc2ccccc21. The van der Waals surface area contributed by atoms with Gasteiger partial charge < -0.3 is 14.0 Å². The number of fused-ring (bicyclic) bond motifs is 2. The molecule has 0 fully saturated rings. The Labute approximate surface area is 133 Å². The third-order valence-corrected chi connectivity index (χ3v) is 3.75. The zero-order valence-corrected chi connectivity index (χ0v) is 12.7. The molecule has 0 unspecified atom stereocenters. The molecular weight excluding hydrogens is 292 g/mol. The van der Waals surface area contributed by atoms with Crippen molar-refractivity contribution in [3.8, 4) is 11.5 Å². The van der Waals surface area contributed by atoms with Gasteiger partial charge in [0.1, 0.15) is 0 Å². The molecule has 0 saturated carbocycles. The predicted octanol–water partition coefficient (Wildman–Crippen LogP) is 3.23. The van der Waals surface area contributed by atoms with Crippen molar-refractivity contribution >= 4 is 23.2 Å². The Kier molecular flexibility index (Phi) is 3.34. The van der Waals surface area contributed by atoms with E-state index < -0.39 is 0 Å². The van der Waals surface area contributed by atoms with Gasteiger partial charge in [-0.15, -0.1) is 0 Å². The van der Waals surface area contributed by atoms with Crippen molar-refractivity contribution in [2.75, 3.05) is 12.2 Å². The lowest BCUT2D eigenvalue weighted by atomic mass is 10.2. The molecule has 0 bridgehead atoms. The lowest BCUT2D eigenvalue weighted by Crippen LogP contribution is -2.01. The van der Waals surface area contributed by atoms with Crippen LogP contribution in [0.4, 0.5) is 5.95 Å². The average Bonchev–Trinajstić information content (AvgIpc) is 3.17.